The highest BCUT2D eigenvalue weighted by molar-refractivity contribution is 5.79. The molecule has 1 aromatic carbocycles. The second kappa shape index (κ2) is 14.5. The van der Waals surface area contributed by atoms with E-state index in [2.05, 4.69) is 55.3 Å². The number of ether oxygens (including phenoxy) is 2. The number of benzene rings is 1. The van der Waals surface area contributed by atoms with Crippen LogP contribution in [-0.2, 0) is 16.0 Å². The number of rotatable bonds is 11. The van der Waals surface area contributed by atoms with Crippen LogP contribution in [-0.4, -0.2) is 106 Å². The van der Waals surface area contributed by atoms with Crippen molar-refractivity contribution in [2.75, 3.05) is 79.7 Å². The SMILES string of the molecule is CN=C(NCCCN1CCN(Cc2ccccc2)CC1)N1CCC(OCCCOC)CC1. The Morgan fingerprint density at radius 1 is 0.969 bits per heavy atom. The summed E-state index contributed by atoms with van der Waals surface area (Å²) in [5.41, 5.74) is 1.42. The van der Waals surface area contributed by atoms with Crippen LogP contribution in [0.25, 0.3) is 0 Å². The summed E-state index contributed by atoms with van der Waals surface area (Å²) < 4.78 is 11.1. The van der Waals surface area contributed by atoms with Gasteiger partial charge in [0.15, 0.2) is 5.96 Å². The number of aliphatic imine (C=N–C) groups is 1. The van der Waals surface area contributed by atoms with E-state index in [1.54, 1.807) is 7.11 Å². The minimum absolute atomic E-state index is 0.377. The zero-order valence-electron chi connectivity index (χ0n) is 20.2. The summed E-state index contributed by atoms with van der Waals surface area (Å²) in [5.74, 6) is 1.04. The highest BCUT2D eigenvalue weighted by atomic mass is 16.5. The molecule has 2 aliphatic heterocycles. The molecule has 0 unspecified atom stereocenters. The second-order valence-electron chi connectivity index (χ2n) is 8.83. The molecule has 1 aromatic rings. The Morgan fingerprint density at radius 3 is 2.38 bits per heavy atom. The fourth-order valence-electron chi connectivity index (χ4n) is 4.54. The summed E-state index contributed by atoms with van der Waals surface area (Å²) in [5, 5.41) is 3.58. The summed E-state index contributed by atoms with van der Waals surface area (Å²) in [6.07, 6.45) is 4.64. The average molecular weight is 446 g/mol. The van der Waals surface area contributed by atoms with E-state index in [0.717, 1.165) is 90.7 Å². The molecule has 0 bridgehead atoms. The molecule has 0 atom stereocenters. The van der Waals surface area contributed by atoms with Crippen LogP contribution in [0.4, 0.5) is 0 Å². The van der Waals surface area contributed by atoms with Gasteiger partial charge < -0.3 is 24.6 Å². The molecule has 180 valence electrons. The molecule has 0 aromatic heterocycles. The molecule has 1 N–H and O–H groups in total. The van der Waals surface area contributed by atoms with Crippen LogP contribution >= 0.6 is 0 Å². The number of methoxy groups -OCH3 is 1. The molecule has 2 aliphatic rings. The van der Waals surface area contributed by atoms with Crippen LogP contribution in [0.3, 0.4) is 0 Å². The van der Waals surface area contributed by atoms with Gasteiger partial charge in [-0.25, -0.2) is 0 Å². The van der Waals surface area contributed by atoms with Crippen molar-refractivity contribution < 1.29 is 9.47 Å². The lowest BCUT2D eigenvalue weighted by molar-refractivity contribution is 0.00990. The van der Waals surface area contributed by atoms with E-state index in [4.69, 9.17) is 9.47 Å². The van der Waals surface area contributed by atoms with Gasteiger partial charge in [0.25, 0.3) is 0 Å². The number of hydrogen-bond acceptors (Lipinski definition) is 5. The largest absolute Gasteiger partial charge is 0.385 e. The molecular formula is C25H43N5O2. The predicted molar refractivity (Wildman–Crippen MR) is 131 cm³/mol. The lowest BCUT2D eigenvalue weighted by atomic mass is 10.1. The minimum Gasteiger partial charge on any atom is -0.385 e. The van der Waals surface area contributed by atoms with Crippen LogP contribution in [0, 0.1) is 0 Å². The number of nitrogens with one attached hydrogen (secondary N) is 1. The third-order valence-corrected chi connectivity index (χ3v) is 6.45. The first kappa shape index (κ1) is 25.0. The van der Waals surface area contributed by atoms with Gasteiger partial charge in [-0.1, -0.05) is 30.3 Å². The van der Waals surface area contributed by atoms with Crippen LogP contribution in [0.1, 0.15) is 31.2 Å². The molecule has 0 aliphatic carbocycles. The third-order valence-electron chi connectivity index (χ3n) is 6.45. The fourth-order valence-corrected chi connectivity index (χ4v) is 4.54. The van der Waals surface area contributed by atoms with Gasteiger partial charge in [0.1, 0.15) is 0 Å². The third kappa shape index (κ3) is 8.70. The van der Waals surface area contributed by atoms with Crippen molar-refractivity contribution in [3.63, 3.8) is 0 Å². The Kier molecular flexibility index (Phi) is 11.3. The minimum atomic E-state index is 0.377. The van der Waals surface area contributed by atoms with Gasteiger partial charge in [-0.05, 0) is 37.8 Å². The Balaban J connectivity index is 1.24. The van der Waals surface area contributed by atoms with Gasteiger partial charge in [0, 0.05) is 79.7 Å². The van der Waals surface area contributed by atoms with E-state index in [-0.39, 0.29) is 0 Å². The van der Waals surface area contributed by atoms with E-state index in [9.17, 15) is 0 Å². The summed E-state index contributed by atoms with van der Waals surface area (Å²) >= 11 is 0. The normalized spacial score (nSPS) is 19.4. The van der Waals surface area contributed by atoms with E-state index in [1.165, 1.54) is 18.7 Å². The van der Waals surface area contributed by atoms with Crippen molar-refractivity contribution in [1.82, 2.24) is 20.0 Å². The number of piperidine rings is 1. The molecule has 7 nitrogen and oxygen atoms in total. The first-order valence-electron chi connectivity index (χ1n) is 12.3. The van der Waals surface area contributed by atoms with Crippen LogP contribution in [0.15, 0.2) is 35.3 Å². The summed E-state index contributed by atoms with van der Waals surface area (Å²) in [6.45, 7) is 11.4. The van der Waals surface area contributed by atoms with Gasteiger partial charge in [-0.15, -0.1) is 0 Å². The molecule has 2 heterocycles. The lowest BCUT2D eigenvalue weighted by Gasteiger charge is -2.35. The molecule has 2 saturated heterocycles. The molecule has 2 fully saturated rings. The smallest absolute Gasteiger partial charge is 0.193 e. The first-order chi connectivity index (χ1) is 15.8. The van der Waals surface area contributed by atoms with Crippen LogP contribution in [0.5, 0.6) is 0 Å². The zero-order chi connectivity index (χ0) is 22.4. The van der Waals surface area contributed by atoms with Gasteiger partial charge in [-0.3, -0.25) is 9.89 Å². The highest BCUT2D eigenvalue weighted by Crippen LogP contribution is 2.14. The molecular weight excluding hydrogens is 402 g/mol. The highest BCUT2D eigenvalue weighted by Gasteiger charge is 2.22. The van der Waals surface area contributed by atoms with E-state index in [0.29, 0.717) is 6.10 Å². The number of hydrogen-bond donors (Lipinski definition) is 1. The molecule has 0 radical (unpaired) electrons. The van der Waals surface area contributed by atoms with Crippen molar-refractivity contribution >= 4 is 5.96 Å². The lowest BCUT2D eigenvalue weighted by Crippen LogP contribution is -2.48. The fraction of sp³-hybridized carbons (Fsp3) is 0.720. The molecule has 0 amide bonds. The Morgan fingerprint density at radius 2 is 1.69 bits per heavy atom. The quantitative estimate of drug-likeness (QED) is 0.320. The average Bonchev–Trinajstić information content (AvgIpc) is 2.84. The van der Waals surface area contributed by atoms with Gasteiger partial charge in [0.2, 0.25) is 0 Å². The zero-order valence-corrected chi connectivity index (χ0v) is 20.2. The maximum atomic E-state index is 5.98. The molecule has 7 heteroatoms. The number of piperazine rings is 1. The van der Waals surface area contributed by atoms with Gasteiger partial charge in [-0.2, -0.15) is 0 Å². The Hall–Kier alpha value is -1.67. The summed E-state index contributed by atoms with van der Waals surface area (Å²) in [7, 11) is 3.63. The monoisotopic (exact) mass is 445 g/mol. The molecule has 0 spiro atoms. The van der Waals surface area contributed by atoms with Crippen molar-refractivity contribution in [2.24, 2.45) is 4.99 Å². The molecule has 3 rings (SSSR count). The Bertz CT molecular complexity index is 641. The van der Waals surface area contributed by atoms with Gasteiger partial charge in [0.05, 0.1) is 6.10 Å². The van der Waals surface area contributed by atoms with Crippen molar-refractivity contribution in [1.29, 1.82) is 0 Å². The van der Waals surface area contributed by atoms with Crippen molar-refractivity contribution in [2.45, 2.75) is 38.3 Å². The van der Waals surface area contributed by atoms with Crippen LogP contribution < -0.4 is 5.32 Å². The van der Waals surface area contributed by atoms with Crippen LogP contribution in [0.2, 0.25) is 0 Å². The summed E-state index contributed by atoms with van der Waals surface area (Å²) in [4.78, 5) is 12.0. The number of guanidine groups is 1. The van der Waals surface area contributed by atoms with Crippen molar-refractivity contribution in [3.05, 3.63) is 35.9 Å². The number of likely N-dealkylation sites (tertiary alicyclic amines) is 1. The molecule has 0 saturated carbocycles. The van der Waals surface area contributed by atoms with Crippen molar-refractivity contribution in [3.8, 4) is 0 Å². The maximum absolute atomic E-state index is 5.98. The number of nitrogens with zero attached hydrogens (tertiary/aromatic N) is 4. The topological polar surface area (TPSA) is 52.6 Å². The van der Waals surface area contributed by atoms with E-state index >= 15 is 0 Å². The summed E-state index contributed by atoms with van der Waals surface area (Å²) in [6, 6.07) is 10.8. The predicted octanol–water partition coefficient (Wildman–Crippen LogP) is 2.29. The maximum Gasteiger partial charge on any atom is 0.193 e. The molecule has 32 heavy (non-hydrogen) atoms. The Labute approximate surface area is 194 Å². The standard InChI is InChI=1S/C25H43N5O2/c1-26-25(30-14-10-24(11-15-30)32-21-7-20-31-2)27-12-6-13-28-16-18-29(19-17-28)22-23-8-4-3-5-9-23/h3-5,8-9,24H,6-7,10-22H2,1-2H3,(H,26,27). The second-order valence-corrected chi connectivity index (χ2v) is 8.83. The van der Waals surface area contributed by atoms with Gasteiger partial charge >= 0.3 is 0 Å². The first-order valence-corrected chi connectivity index (χ1v) is 12.3. The van der Waals surface area contributed by atoms with E-state index in [1.807, 2.05) is 7.05 Å². The van der Waals surface area contributed by atoms with E-state index < -0.39 is 0 Å².